The molecule has 0 radical (unpaired) electrons. The first kappa shape index (κ1) is 14.0. The quantitative estimate of drug-likeness (QED) is 0.816. The predicted octanol–water partition coefficient (Wildman–Crippen LogP) is 5.21. The standard InChI is InChI=1S/C15H14BrF2N/c1-9-3-6-15(14(18)7-9)19-10(2)12-5-4-11(17)8-13(12)16/h3-8,10,19H,1-2H3. The molecule has 0 aromatic heterocycles. The molecule has 0 amide bonds. The van der Waals surface area contributed by atoms with Gasteiger partial charge in [-0.3, -0.25) is 0 Å². The molecule has 0 spiro atoms. The fraction of sp³-hybridized carbons (Fsp3) is 0.200. The molecule has 4 heteroatoms. The summed E-state index contributed by atoms with van der Waals surface area (Å²) in [5.74, 6) is -0.588. The van der Waals surface area contributed by atoms with Crippen molar-refractivity contribution < 1.29 is 8.78 Å². The van der Waals surface area contributed by atoms with Gasteiger partial charge >= 0.3 is 0 Å². The van der Waals surface area contributed by atoms with Gasteiger partial charge in [-0.2, -0.15) is 0 Å². The van der Waals surface area contributed by atoms with Crippen molar-refractivity contribution in [2.45, 2.75) is 19.9 Å². The summed E-state index contributed by atoms with van der Waals surface area (Å²) in [4.78, 5) is 0. The Morgan fingerprint density at radius 2 is 1.84 bits per heavy atom. The molecule has 0 heterocycles. The number of aryl methyl sites for hydroxylation is 1. The number of hydrogen-bond donors (Lipinski definition) is 1. The van der Waals surface area contributed by atoms with Gasteiger partial charge in [0.25, 0.3) is 0 Å². The van der Waals surface area contributed by atoms with Crippen molar-refractivity contribution in [3.63, 3.8) is 0 Å². The van der Waals surface area contributed by atoms with Crippen LogP contribution in [0.2, 0.25) is 0 Å². The summed E-state index contributed by atoms with van der Waals surface area (Å²) in [6.07, 6.45) is 0. The van der Waals surface area contributed by atoms with E-state index in [-0.39, 0.29) is 17.7 Å². The third kappa shape index (κ3) is 3.32. The van der Waals surface area contributed by atoms with Gasteiger partial charge in [-0.25, -0.2) is 8.78 Å². The molecule has 1 nitrogen and oxygen atoms in total. The van der Waals surface area contributed by atoms with E-state index >= 15 is 0 Å². The third-order valence-electron chi connectivity index (χ3n) is 2.93. The Morgan fingerprint density at radius 1 is 1.11 bits per heavy atom. The Hall–Kier alpha value is -1.42. The molecule has 1 unspecified atom stereocenters. The zero-order chi connectivity index (χ0) is 14.0. The van der Waals surface area contributed by atoms with Crippen LogP contribution in [0, 0.1) is 18.6 Å². The number of nitrogens with one attached hydrogen (secondary N) is 1. The predicted molar refractivity (Wildman–Crippen MR) is 77.3 cm³/mol. The lowest BCUT2D eigenvalue weighted by Crippen LogP contribution is -2.09. The summed E-state index contributed by atoms with van der Waals surface area (Å²) in [7, 11) is 0. The molecule has 0 saturated heterocycles. The van der Waals surface area contributed by atoms with E-state index in [1.165, 1.54) is 18.2 Å². The lowest BCUT2D eigenvalue weighted by Gasteiger charge is -2.18. The molecule has 100 valence electrons. The van der Waals surface area contributed by atoms with E-state index in [0.717, 1.165) is 11.1 Å². The van der Waals surface area contributed by atoms with Crippen molar-refractivity contribution in [2.24, 2.45) is 0 Å². The van der Waals surface area contributed by atoms with Crippen LogP contribution in [0.3, 0.4) is 0 Å². The van der Waals surface area contributed by atoms with E-state index < -0.39 is 0 Å². The molecule has 1 N–H and O–H groups in total. The van der Waals surface area contributed by atoms with Crippen LogP contribution in [0.4, 0.5) is 14.5 Å². The highest BCUT2D eigenvalue weighted by atomic mass is 79.9. The molecule has 0 aliphatic carbocycles. The summed E-state index contributed by atoms with van der Waals surface area (Å²) in [6.45, 7) is 3.74. The highest BCUT2D eigenvalue weighted by molar-refractivity contribution is 9.10. The molecular formula is C15H14BrF2N. The van der Waals surface area contributed by atoms with E-state index in [2.05, 4.69) is 21.2 Å². The molecule has 2 aromatic rings. The van der Waals surface area contributed by atoms with Crippen LogP contribution in [0.5, 0.6) is 0 Å². The van der Waals surface area contributed by atoms with E-state index in [1.807, 2.05) is 19.9 Å². The minimum atomic E-state index is -0.302. The van der Waals surface area contributed by atoms with Crippen molar-refractivity contribution >= 4 is 21.6 Å². The van der Waals surface area contributed by atoms with Crippen LogP contribution in [0.1, 0.15) is 24.1 Å². The van der Waals surface area contributed by atoms with Crippen molar-refractivity contribution in [3.8, 4) is 0 Å². The molecule has 0 fully saturated rings. The van der Waals surface area contributed by atoms with Crippen LogP contribution in [-0.2, 0) is 0 Å². The topological polar surface area (TPSA) is 12.0 Å². The highest BCUT2D eigenvalue weighted by Crippen LogP contribution is 2.28. The maximum absolute atomic E-state index is 13.8. The second kappa shape index (κ2) is 5.70. The molecular weight excluding hydrogens is 312 g/mol. The average molecular weight is 326 g/mol. The summed E-state index contributed by atoms with van der Waals surface area (Å²) in [6, 6.07) is 9.38. The first-order valence-electron chi connectivity index (χ1n) is 5.95. The van der Waals surface area contributed by atoms with Crippen LogP contribution in [0.15, 0.2) is 40.9 Å². The zero-order valence-electron chi connectivity index (χ0n) is 10.7. The number of hydrogen-bond acceptors (Lipinski definition) is 1. The van der Waals surface area contributed by atoms with E-state index in [0.29, 0.717) is 10.2 Å². The van der Waals surface area contributed by atoms with Crippen molar-refractivity contribution in [2.75, 3.05) is 5.32 Å². The van der Waals surface area contributed by atoms with Gasteiger partial charge in [0.2, 0.25) is 0 Å². The summed E-state index contributed by atoms with van der Waals surface area (Å²) < 4.78 is 27.5. The first-order chi connectivity index (χ1) is 8.97. The Morgan fingerprint density at radius 3 is 2.47 bits per heavy atom. The lowest BCUT2D eigenvalue weighted by atomic mass is 10.1. The molecule has 0 aliphatic rings. The van der Waals surface area contributed by atoms with Crippen molar-refractivity contribution in [1.29, 1.82) is 0 Å². The smallest absolute Gasteiger partial charge is 0.146 e. The van der Waals surface area contributed by atoms with E-state index in [4.69, 9.17) is 0 Å². The molecule has 2 aromatic carbocycles. The maximum atomic E-state index is 13.8. The van der Waals surface area contributed by atoms with E-state index in [9.17, 15) is 8.78 Å². The Kier molecular flexibility index (Phi) is 4.20. The van der Waals surface area contributed by atoms with Gasteiger partial charge in [-0.1, -0.05) is 28.1 Å². The molecule has 2 rings (SSSR count). The Labute approximate surface area is 119 Å². The third-order valence-corrected chi connectivity index (χ3v) is 3.61. The number of halogens is 3. The number of rotatable bonds is 3. The monoisotopic (exact) mass is 325 g/mol. The largest absolute Gasteiger partial charge is 0.376 e. The van der Waals surface area contributed by atoms with Crippen molar-refractivity contribution in [3.05, 3.63) is 63.6 Å². The van der Waals surface area contributed by atoms with Gasteiger partial charge in [-0.05, 0) is 49.2 Å². The molecule has 0 bridgehead atoms. The van der Waals surface area contributed by atoms with E-state index in [1.54, 1.807) is 12.1 Å². The Bertz CT molecular complexity index is 599. The van der Waals surface area contributed by atoms with Crippen LogP contribution >= 0.6 is 15.9 Å². The zero-order valence-corrected chi connectivity index (χ0v) is 12.3. The SMILES string of the molecule is Cc1ccc(NC(C)c2ccc(F)cc2Br)c(F)c1. The molecule has 0 saturated carbocycles. The van der Waals surface area contributed by atoms with Gasteiger partial charge in [-0.15, -0.1) is 0 Å². The average Bonchev–Trinajstić information content (AvgIpc) is 2.32. The van der Waals surface area contributed by atoms with Crippen LogP contribution < -0.4 is 5.32 Å². The van der Waals surface area contributed by atoms with Gasteiger partial charge in [0, 0.05) is 10.5 Å². The number of anilines is 1. The molecule has 0 aliphatic heterocycles. The number of benzene rings is 2. The van der Waals surface area contributed by atoms with Crippen LogP contribution in [0.25, 0.3) is 0 Å². The second-order valence-corrected chi connectivity index (χ2v) is 5.37. The van der Waals surface area contributed by atoms with Crippen molar-refractivity contribution in [1.82, 2.24) is 0 Å². The molecule has 19 heavy (non-hydrogen) atoms. The fourth-order valence-electron chi connectivity index (χ4n) is 1.90. The summed E-state index contributed by atoms with van der Waals surface area (Å²) in [5.41, 5.74) is 2.19. The Balaban J connectivity index is 2.23. The minimum absolute atomic E-state index is 0.132. The van der Waals surface area contributed by atoms with Crippen LogP contribution in [-0.4, -0.2) is 0 Å². The van der Waals surface area contributed by atoms with Gasteiger partial charge in [0.1, 0.15) is 11.6 Å². The summed E-state index contributed by atoms with van der Waals surface area (Å²) in [5, 5.41) is 3.09. The fourth-order valence-corrected chi connectivity index (χ4v) is 2.60. The highest BCUT2D eigenvalue weighted by Gasteiger charge is 2.12. The second-order valence-electron chi connectivity index (χ2n) is 4.52. The summed E-state index contributed by atoms with van der Waals surface area (Å²) >= 11 is 3.32. The first-order valence-corrected chi connectivity index (χ1v) is 6.74. The van der Waals surface area contributed by atoms with Gasteiger partial charge < -0.3 is 5.32 Å². The van der Waals surface area contributed by atoms with Gasteiger partial charge in [0.05, 0.1) is 5.69 Å². The lowest BCUT2D eigenvalue weighted by molar-refractivity contribution is 0.622. The normalized spacial score (nSPS) is 12.3. The van der Waals surface area contributed by atoms with Gasteiger partial charge in [0.15, 0.2) is 0 Å². The minimum Gasteiger partial charge on any atom is -0.376 e. The molecule has 1 atom stereocenters. The maximum Gasteiger partial charge on any atom is 0.146 e.